The van der Waals surface area contributed by atoms with Gasteiger partial charge in [0.15, 0.2) is 17.4 Å². The lowest BCUT2D eigenvalue weighted by Crippen LogP contribution is -2.04. The molecule has 0 atom stereocenters. The van der Waals surface area contributed by atoms with E-state index in [1.165, 1.54) is 12.1 Å². The van der Waals surface area contributed by atoms with Gasteiger partial charge in [0, 0.05) is 5.02 Å². The molecule has 0 amide bonds. The third kappa shape index (κ3) is 3.71. The average molecular weight is 312 g/mol. The van der Waals surface area contributed by atoms with E-state index in [1.54, 1.807) is 18.2 Å². The summed E-state index contributed by atoms with van der Waals surface area (Å²) in [5.41, 5.74) is 6.74. The number of rotatable bonds is 5. The van der Waals surface area contributed by atoms with Crippen LogP contribution >= 0.6 is 11.6 Å². The SMILES string of the molecule is CCc1cc(Oc2c(F)cc(CCN)cc2F)ccc1Cl. The molecule has 0 heterocycles. The second-order valence-electron chi connectivity index (χ2n) is 4.64. The van der Waals surface area contributed by atoms with E-state index in [0.717, 1.165) is 5.56 Å². The minimum absolute atomic E-state index is 0.329. The molecule has 2 aromatic rings. The number of benzene rings is 2. The smallest absolute Gasteiger partial charge is 0.198 e. The fourth-order valence-corrected chi connectivity index (χ4v) is 2.28. The molecule has 2 N–H and O–H groups in total. The van der Waals surface area contributed by atoms with Crippen LogP contribution in [0.5, 0.6) is 11.5 Å². The Hall–Kier alpha value is -1.65. The van der Waals surface area contributed by atoms with Crippen LogP contribution in [0.25, 0.3) is 0 Å². The van der Waals surface area contributed by atoms with Gasteiger partial charge in [0.05, 0.1) is 0 Å². The second-order valence-corrected chi connectivity index (χ2v) is 5.04. The highest BCUT2D eigenvalue weighted by Crippen LogP contribution is 2.31. The highest BCUT2D eigenvalue weighted by Gasteiger charge is 2.14. The summed E-state index contributed by atoms with van der Waals surface area (Å²) in [4.78, 5) is 0. The molecule has 0 aliphatic carbocycles. The zero-order valence-electron chi connectivity index (χ0n) is 11.6. The van der Waals surface area contributed by atoms with Crippen molar-refractivity contribution >= 4 is 11.6 Å². The molecule has 112 valence electrons. The Bertz CT molecular complexity index is 623. The Balaban J connectivity index is 2.31. The zero-order valence-corrected chi connectivity index (χ0v) is 12.4. The lowest BCUT2D eigenvalue weighted by atomic mass is 10.1. The molecule has 0 radical (unpaired) electrons. The summed E-state index contributed by atoms with van der Waals surface area (Å²) >= 11 is 6.00. The van der Waals surface area contributed by atoms with Crippen molar-refractivity contribution in [2.24, 2.45) is 5.73 Å². The average Bonchev–Trinajstić information content (AvgIpc) is 2.45. The normalized spacial score (nSPS) is 10.7. The third-order valence-electron chi connectivity index (χ3n) is 3.11. The number of nitrogens with two attached hydrogens (primary N) is 1. The quantitative estimate of drug-likeness (QED) is 0.884. The van der Waals surface area contributed by atoms with Gasteiger partial charge in [-0.1, -0.05) is 18.5 Å². The molecule has 0 fully saturated rings. The van der Waals surface area contributed by atoms with Gasteiger partial charge in [0.2, 0.25) is 0 Å². The first kappa shape index (κ1) is 15.7. The van der Waals surface area contributed by atoms with Gasteiger partial charge in [-0.05, 0) is 60.8 Å². The molecule has 0 bridgehead atoms. The predicted molar refractivity (Wildman–Crippen MR) is 80.0 cm³/mol. The second kappa shape index (κ2) is 6.87. The van der Waals surface area contributed by atoms with E-state index >= 15 is 0 Å². The molecule has 21 heavy (non-hydrogen) atoms. The van der Waals surface area contributed by atoms with Crippen molar-refractivity contribution in [2.75, 3.05) is 6.54 Å². The van der Waals surface area contributed by atoms with Gasteiger partial charge in [0.1, 0.15) is 5.75 Å². The summed E-state index contributed by atoms with van der Waals surface area (Å²) in [6.45, 7) is 2.27. The molecular formula is C16H16ClF2NO. The summed E-state index contributed by atoms with van der Waals surface area (Å²) in [6.07, 6.45) is 1.12. The van der Waals surface area contributed by atoms with Crippen LogP contribution in [0.15, 0.2) is 30.3 Å². The van der Waals surface area contributed by atoms with Crippen LogP contribution in [-0.4, -0.2) is 6.54 Å². The maximum atomic E-state index is 13.9. The first-order chi connectivity index (χ1) is 10.0. The van der Waals surface area contributed by atoms with Gasteiger partial charge in [0.25, 0.3) is 0 Å². The van der Waals surface area contributed by atoms with Crippen molar-refractivity contribution in [3.63, 3.8) is 0 Å². The molecule has 2 nitrogen and oxygen atoms in total. The minimum Gasteiger partial charge on any atom is -0.451 e. The van der Waals surface area contributed by atoms with E-state index in [9.17, 15) is 8.78 Å². The van der Waals surface area contributed by atoms with Gasteiger partial charge < -0.3 is 10.5 Å². The van der Waals surface area contributed by atoms with Crippen molar-refractivity contribution < 1.29 is 13.5 Å². The molecule has 0 spiro atoms. The van der Waals surface area contributed by atoms with Gasteiger partial charge in [-0.3, -0.25) is 0 Å². The molecular weight excluding hydrogens is 296 g/mol. The molecule has 0 unspecified atom stereocenters. The Morgan fingerprint density at radius 3 is 2.38 bits per heavy atom. The zero-order chi connectivity index (χ0) is 15.4. The number of hydrogen-bond donors (Lipinski definition) is 1. The van der Waals surface area contributed by atoms with E-state index < -0.39 is 17.4 Å². The Morgan fingerprint density at radius 2 is 1.81 bits per heavy atom. The van der Waals surface area contributed by atoms with Crippen molar-refractivity contribution in [1.82, 2.24) is 0 Å². The molecule has 2 aromatic carbocycles. The van der Waals surface area contributed by atoms with Crippen LogP contribution in [0.4, 0.5) is 8.78 Å². The highest BCUT2D eigenvalue weighted by molar-refractivity contribution is 6.31. The minimum atomic E-state index is -0.744. The lowest BCUT2D eigenvalue weighted by Gasteiger charge is -2.11. The molecule has 0 saturated carbocycles. The highest BCUT2D eigenvalue weighted by atomic mass is 35.5. The summed E-state index contributed by atoms with van der Waals surface area (Å²) in [5.74, 6) is -1.56. The molecule has 0 aliphatic rings. The van der Waals surface area contributed by atoms with Crippen molar-refractivity contribution in [3.05, 3.63) is 58.1 Å². The first-order valence-electron chi connectivity index (χ1n) is 6.69. The van der Waals surface area contributed by atoms with E-state index in [1.807, 2.05) is 6.92 Å². The van der Waals surface area contributed by atoms with Crippen LogP contribution in [0.3, 0.4) is 0 Å². The largest absolute Gasteiger partial charge is 0.451 e. The number of aryl methyl sites for hydroxylation is 1. The molecule has 0 aromatic heterocycles. The fourth-order valence-electron chi connectivity index (χ4n) is 2.02. The summed E-state index contributed by atoms with van der Waals surface area (Å²) in [5, 5.41) is 0.601. The predicted octanol–water partition coefficient (Wildman–Crippen LogP) is 4.47. The third-order valence-corrected chi connectivity index (χ3v) is 3.48. The first-order valence-corrected chi connectivity index (χ1v) is 7.07. The van der Waals surface area contributed by atoms with Crippen LogP contribution in [-0.2, 0) is 12.8 Å². The number of ether oxygens (including phenoxy) is 1. The van der Waals surface area contributed by atoms with Crippen molar-refractivity contribution in [1.29, 1.82) is 0 Å². The van der Waals surface area contributed by atoms with Crippen LogP contribution in [0, 0.1) is 11.6 Å². The number of hydrogen-bond acceptors (Lipinski definition) is 2. The summed E-state index contributed by atoms with van der Waals surface area (Å²) < 4.78 is 33.2. The van der Waals surface area contributed by atoms with E-state index in [-0.39, 0.29) is 0 Å². The van der Waals surface area contributed by atoms with Crippen LogP contribution < -0.4 is 10.5 Å². The topological polar surface area (TPSA) is 35.2 Å². The van der Waals surface area contributed by atoms with E-state index in [0.29, 0.717) is 35.7 Å². The van der Waals surface area contributed by atoms with Crippen molar-refractivity contribution in [3.8, 4) is 11.5 Å². The monoisotopic (exact) mass is 311 g/mol. The molecule has 0 saturated heterocycles. The number of halogens is 3. The molecule has 5 heteroatoms. The Labute approximate surface area is 127 Å². The maximum Gasteiger partial charge on any atom is 0.198 e. The van der Waals surface area contributed by atoms with Gasteiger partial charge in [-0.25, -0.2) is 8.78 Å². The lowest BCUT2D eigenvalue weighted by molar-refractivity contribution is 0.406. The standard InChI is InChI=1S/C16H16ClF2NO/c1-2-11-9-12(3-4-13(11)17)21-16-14(18)7-10(5-6-20)8-15(16)19/h3-4,7-9H,2,5-6,20H2,1H3. The summed E-state index contributed by atoms with van der Waals surface area (Å²) in [7, 11) is 0. The van der Waals surface area contributed by atoms with E-state index in [2.05, 4.69) is 0 Å². The van der Waals surface area contributed by atoms with Gasteiger partial charge >= 0.3 is 0 Å². The maximum absolute atomic E-state index is 13.9. The molecule has 2 rings (SSSR count). The van der Waals surface area contributed by atoms with Crippen LogP contribution in [0.2, 0.25) is 5.02 Å². The summed E-state index contributed by atoms with van der Waals surface area (Å²) in [6, 6.07) is 7.38. The van der Waals surface area contributed by atoms with Gasteiger partial charge in [-0.15, -0.1) is 0 Å². The van der Waals surface area contributed by atoms with E-state index in [4.69, 9.17) is 22.1 Å². The van der Waals surface area contributed by atoms with Gasteiger partial charge in [-0.2, -0.15) is 0 Å². The van der Waals surface area contributed by atoms with Crippen molar-refractivity contribution in [2.45, 2.75) is 19.8 Å². The Morgan fingerprint density at radius 1 is 1.14 bits per heavy atom. The fraction of sp³-hybridized carbons (Fsp3) is 0.250. The Kier molecular flexibility index (Phi) is 5.15. The molecule has 0 aliphatic heterocycles. The van der Waals surface area contributed by atoms with Crippen LogP contribution in [0.1, 0.15) is 18.1 Å².